The molecule has 1 aliphatic carbocycles. The molecule has 0 saturated heterocycles. The van der Waals surface area contributed by atoms with Crippen molar-refractivity contribution in [3.05, 3.63) is 46.1 Å². The molecule has 0 unspecified atom stereocenters. The van der Waals surface area contributed by atoms with Gasteiger partial charge in [0.1, 0.15) is 17.5 Å². The molecule has 0 amide bonds. The summed E-state index contributed by atoms with van der Waals surface area (Å²) in [4.78, 5) is 8.45. The van der Waals surface area contributed by atoms with E-state index in [0.29, 0.717) is 18.7 Å². The van der Waals surface area contributed by atoms with Gasteiger partial charge in [0.2, 0.25) is 5.95 Å². The van der Waals surface area contributed by atoms with E-state index >= 15 is 0 Å². The lowest BCUT2D eigenvalue weighted by atomic mass is 9.73. The van der Waals surface area contributed by atoms with Crippen LogP contribution in [0.5, 0.6) is 0 Å². The summed E-state index contributed by atoms with van der Waals surface area (Å²) in [6.07, 6.45) is -1.32. The number of hydrogen-bond acceptors (Lipinski definition) is 6. The van der Waals surface area contributed by atoms with Gasteiger partial charge in [0.05, 0.1) is 17.9 Å². The number of rotatable bonds is 6. The first-order valence-electron chi connectivity index (χ1n) is 10.3. The molecule has 1 aromatic carbocycles. The Morgan fingerprint density at radius 1 is 1.31 bits per heavy atom. The monoisotopic (exact) mass is 467 g/mol. The average molecular weight is 468 g/mol. The third kappa shape index (κ3) is 5.81. The lowest BCUT2D eigenvalue weighted by Crippen LogP contribution is -2.41. The molecular formula is C22H25ClF3N5O. The summed E-state index contributed by atoms with van der Waals surface area (Å²) in [5, 5.41) is 26.0. The van der Waals surface area contributed by atoms with Crippen LogP contribution < -0.4 is 10.6 Å². The predicted molar refractivity (Wildman–Crippen MR) is 116 cm³/mol. The van der Waals surface area contributed by atoms with Crippen LogP contribution in [0.3, 0.4) is 0 Å². The highest BCUT2D eigenvalue weighted by Crippen LogP contribution is 2.37. The van der Waals surface area contributed by atoms with Crippen molar-refractivity contribution >= 4 is 23.4 Å². The summed E-state index contributed by atoms with van der Waals surface area (Å²) in [5.74, 6) is 0.568. The highest BCUT2D eigenvalue weighted by atomic mass is 35.5. The first-order chi connectivity index (χ1) is 15.0. The maximum atomic E-state index is 13.2. The SMILES string of the molecule is CC1(C)C[C@H](Nc2nc(NCCc3cc(Cl)ccc3C(F)(F)F)ncc2C#N)CC[C@@H]1O. The maximum absolute atomic E-state index is 13.2. The lowest BCUT2D eigenvalue weighted by molar-refractivity contribution is -0.138. The van der Waals surface area contributed by atoms with Crippen LogP contribution in [0.2, 0.25) is 5.02 Å². The molecule has 10 heteroatoms. The van der Waals surface area contributed by atoms with Crippen LogP contribution in [0.4, 0.5) is 24.9 Å². The quantitative estimate of drug-likeness (QED) is 0.552. The molecule has 32 heavy (non-hydrogen) atoms. The summed E-state index contributed by atoms with van der Waals surface area (Å²) in [6.45, 7) is 4.14. The molecule has 0 bridgehead atoms. The van der Waals surface area contributed by atoms with E-state index in [9.17, 15) is 23.5 Å². The molecule has 3 N–H and O–H groups in total. The summed E-state index contributed by atoms with van der Waals surface area (Å²) in [7, 11) is 0. The molecule has 1 aliphatic rings. The smallest absolute Gasteiger partial charge is 0.393 e. The number of aliphatic hydroxyl groups excluding tert-OH is 1. The van der Waals surface area contributed by atoms with Crippen molar-refractivity contribution in [3.8, 4) is 6.07 Å². The number of nitrogens with zero attached hydrogens (tertiary/aromatic N) is 3. The highest BCUT2D eigenvalue weighted by molar-refractivity contribution is 6.30. The topological polar surface area (TPSA) is 93.9 Å². The Hall–Kier alpha value is -2.57. The van der Waals surface area contributed by atoms with Crippen molar-refractivity contribution in [1.82, 2.24) is 9.97 Å². The normalized spacial score (nSPS) is 20.4. The van der Waals surface area contributed by atoms with Gasteiger partial charge in [-0.2, -0.15) is 23.4 Å². The largest absolute Gasteiger partial charge is 0.416 e. The number of aromatic nitrogens is 2. The number of aliphatic hydroxyl groups is 1. The Morgan fingerprint density at radius 3 is 2.72 bits per heavy atom. The summed E-state index contributed by atoms with van der Waals surface area (Å²) in [5.41, 5.74) is -0.640. The van der Waals surface area contributed by atoms with Crippen LogP contribution in [0.1, 0.15) is 49.8 Å². The molecule has 6 nitrogen and oxygen atoms in total. The van der Waals surface area contributed by atoms with Gasteiger partial charge in [-0.15, -0.1) is 0 Å². The van der Waals surface area contributed by atoms with Gasteiger partial charge >= 0.3 is 6.18 Å². The molecule has 1 saturated carbocycles. The number of nitrogens with one attached hydrogen (secondary N) is 2. The standard InChI is InChI=1S/C22H25ClF3N5O/c1-21(2)10-16(4-6-18(21)32)30-19-14(11-27)12-29-20(31-19)28-8-7-13-9-15(23)3-5-17(13)22(24,25)26/h3,5,9,12,16,18,32H,4,6-8,10H2,1-2H3,(H2,28,29,30,31)/t16-,18+/m1/s1. The molecule has 3 rings (SSSR count). The van der Waals surface area contributed by atoms with E-state index in [0.717, 1.165) is 12.5 Å². The summed E-state index contributed by atoms with van der Waals surface area (Å²) < 4.78 is 39.7. The minimum atomic E-state index is -4.47. The first-order valence-corrected chi connectivity index (χ1v) is 10.7. The molecule has 0 aliphatic heterocycles. The second-order valence-electron chi connectivity index (χ2n) is 8.67. The van der Waals surface area contributed by atoms with Crippen LogP contribution >= 0.6 is 11.6 Å². The van der Waals surface area contributed by atoms with Crippen LogP contribution in [-0.4, -0.2) is 33.8 Å². The molecule has 1 heterocycles. The fraction of sp³-hybridized carbons (Fsp3) is 0.500. The average Bonchev–Trinajstić information content (AvgIpc) is 2.70. The van der Waals surface area contributed by atoms with Crippen molar-refractivity contribution in [1.29, 1.82) is 5.26 Å². The molecule has 1 fully saturated rings. The number of halogens is 4. The summed E-state index contributed by atoms with van der Waals surface area (Å²) in [6, 6.07) is 5.57. The first kappa shape index (κ1) is 24.1. The third-order valence-electron chi connectivity index (χ3n) is 5.76. The van der Waals surface area contributed by atoms with Crippen LogP contribution in [0.15, 0.2) is 24.4 Å². The van der Waals surface area contributed by atoms with Gasteiger partial charge in [-0.1, -0.05) is 25.4 Å². The highest BCUT2D eigenvalue weighted by Gasteiger charge is 2.36. The van der Waals surface area contributed by atoms with Crippen LogP contribution in [0.25, 0.3) is 0 Å². The van der Waals surface area contributed by atoms with Gasteiger partial charge < -0.3 is 15.7 Å². The van der Waals surface area contributed by atoms with E-state index in [1.54, 1.807) is 0 Å². The van der Waals surface area contributed by atoms with E-state index in [1.165, 1.54) is 18.3 Å². The molecule has 0 radical (unpaired) electrons. The molecule has 1 aromatic heterocycles. The van der Waals surface area contributed by atoms with Gasteiger partial charge in [-0.25, -0.2) is 4.98 Å². The minimum Gasteiger partial charge on any atom is -0.393 e. The zero-order chi connectivity index (χ0) is 23.5. The Bertz CT molecular complexity index is 1010. The van der Waals surface area contributed by atoms with Crippen molar-refractivity contribution < 1.29 is 18.3 Å². The second-order valence-corrected chi connectivity index (χ2v) is 9.11. The zero-order valence-electron chi connectivity index (χ0n) is 17.8. The van der Waals surface area contributed by atoms with Gasteiger partial charge in [-0.05, 0) is 54.9 Å². The van der Waals surface area contributed by atoms with Crippen molar-refractivity contribution in [2.75, 3.05) is 17.2 Å². The Kier molecular flexibility index (Phi) is 7.16. The molecule has 2 atom stereocenters. The fourth-order valence-corrected chi connectivity index (χ4v) is 4.15. The van der Waals surface area contributed by atoms with Gasteiger partial charge in [0, 0.05) is 17.6 Å². The van der Waals surface area contributed by atoms with Crippen LogP contribution in [-0.2, 0) is 12.6 Å². The van der Waals surface area contributed by atoms with Gasteiger partial charge in [0.25, 0.3) is 0 Å². The maximum Gasteiger partial charge on any atom is 0.416 e. The zero-order valence-corrected chi connectivity index (χ0v) is 18.6. The number of hydrogen-bond donors (Lipinski definition) is 3. The lowest BCUT2D eigenvalue weighted by Gasteiger charge is -2.40. The predicted octanol–water partition coefficient (Wildman–Crippen LogP) is 5.03. The Morgan fingerprint density at radius 2 is 2.06 bits per heavy atom. The van der Waals surface area contributed by atoms with Gasteiger partial charge in [-0.3, -0.25) is 0 Å². The van der Waals surface area contributed by atoms with Crippen molar-refractivity contribution in [2.24, 2.45) is 5.41 Å². The second kappa shape index (κ2) is 9.51. The fourth-order valence-electron chi connectivity index (χ4n) is 3.95. The van der Waals surface area contributed by atoms with E-state index in [1.807, 2.05) is 19.9 Å². The Balaban J connectivity index is 1.69. The van der Waals surface area contributed by atoms with Gasteiger partial charge in [0.15, 0.2) is 0 Å². The Labute approximate surface area is 189 Å². The summed E-state index contributed by atoms with van der Waals surface area (Å²) >= 11 is 5.87. The minimum absolute atomic E-state index is 0.0315. The molecular weight excluding hydrogens is 443 g/mol. The number of alkyl halides is 3. The van der Waals surface area contributed by atoms with E-state index < -0.39 is 11.7 Å². The van der Waals surface area contributed by atoms with E-state index in [2.05, 4.69) is 20.6 Å². The van der Waals surface area contributed by atoms with Crippen molar-refractivity contribution in [2.45, 2.75) is 57.9 Å². The molecule has 2 aromatic rings. The molecule has 172 valence electrons. The van der Waals surface area contributed by atoms with Crippen molar-refractivity contribution in [3.63, 3.8) is 0 Å². The van der Waals surface area contributed by atoms with E-state index in [-0.39, 0.29) is 52.6 Å². The number of nitriles is 1. The molecule has 0 spiro atoms. The number of benzene rings is 1. The number of anilines is 2. The third-order valence-corrected chi connectivity index (χ3v) is 6.00. The van der Waals surface area contributed by atoms with E-state index in [4.69, 9.17) is 11.6 Å². The van der Waals surface area contributed by atoms with Crippen LogP contribution in [0, 0.1) is 16.7 Å².